The highest BCUT2D eigenvalue weighted by Gasteiger charge is 2.29. The minimum Gasteiger partial charge on any atom is -0.383 e. The molecule has 3 rings (SSSR count). The van der Waals surface area contributed by atoms with Gasteiger partial charge in [-0.05, 0) is 30.0 Å². The zero-order chi connectivity index (χ0) is 21.0. The lowest BCUT2D eigenvalue weighted by molar-refractivity contribution is -0.116. The van der Waals surface area contributed by atoms with Crippen LogP contribution in [-0.2, 0) is 21.2 Å². The van der Waals surface area contributed by atoms with Gasteiger partial charge < -0.3 is 11.1 Å². The Bertz CT molecular complexity index is 1130. The third kappa shape index (κ3) is 4.58. The largest absolute Gasteiger partial charge is 0.383 e. The van der Waals surface area contributed by atoms with Crippen molar-refractivity contribution in [2.75, 3.05) is 16.8 Å². The number of amides is 1. The molecule has 0 spiro atoms. The van der Waals surface area contributed by atoms with Crippen molar-refractivity contribution in [3.05, 3.63) is 59.6 Å². The van der Waals surface area contributed by atoms with Crippen LogP contribution in [0.2, 0.25) is 5.02 Å². The number of sulfone groups is 1. The first-order valence-electron chi connectivity index (χ1n) is 8.68. The Morgan fingerprint density at radius 3 is 2.48 bits per heavy atom. The van der Waals surface area contributed by atoms with Crippen LogP contribution in [0.5, 0.6) is 0 Å². The summed E-state index contributed by atoms with van der Waals surface area (Å²) in [5.74, 6) is 0.0858. The molecule has 2 aromatic carbocycles. The number of nitrogens with one attached hydrogen (secondary N) is 1. The molecule has 0 aliphatic carbocycles. The van der Waals surface area contributed by atoms with Crippen molar-refractivity contribution < 1.29 is 13.2 Å². The summed E-state index contributed by atoms with van der Waals surface area (Å²) in [5, 5.41) is 7.61. The number of nitrogens with zero attached hydrogens (tertiary/aromatic N) is 2. The third-order valence-electron chi connectivity index (χ3n) is 3.96. The Morgan fingerprint density at radius 2 is 1.83 bits per heavy atom. The summed E-state index contributed by atoms with van der Waals surface area (Å²) < 4.78 is 27.4. The number of thioether (sulfide) groups is 1. The van der Waals surface area contributed by atoms with Crippen molar-refractivity contribution in [2.45, 2.75) is 28.3 Å². The van der Waals surface area contributed by atoms with E-state index >= 15 is 0 Å². The second-order valence-corrected chi connectivity index (χ2v) is 9.50. The topological polar surface area (TPSA) is 107 Å². The second kappa shape index (κ2) is 8.89. The average molecular weight is 451 g/mol. The maximum Gasteiger partial charge on any atom is 0.246 e. The molecule has 10 heteroatoms. The third-order valence-corrected chi connectivity index (χ3v) is 7.10. The molecule has 3 aromatic rings. The van der Waals surface area contributed by atoms with Gasteiger partial charge in [-0.1, -0.05) is 48.9 Å². The maximum atomic E-state index is 13.1. The SMILES string of the molecule is CCSc1nn(CC(=O)Nc2ccccc2Cl)c(N)c1S(=O)(=O)c1ccccc1. The van der Waals surface area contributed by atoms with Gasteiger partial charge in [0, 0.05) is 0 Å². The highest BCUT2D eigenvalue weighted by Crippen LogP contribution is 2.34. The summed E-state index contributed by atoms with van der Waals surface area (Å²) in [6.07, 6.45) is 0. The van der Waals surface area contributed by atoms with E-state index in [1.807, 2.05) is 6.92 Å². The van der Waals surface area contributed by atoms with Gasteiger partial charge in [0.05, 0.1) is 15.6 Å². The Morgan fingerprint density at radius 1 is 1.17 bits per heavy atom. The molecule has 152 valence electrons. The van der Waals surface area contributed by atoms with Gasteiger partial charge in [0.25, 0.3) is 0 Å². The van der Waals surface area contributed by atoms with Crippen molar-refractivity contribution in [1.82, 2.24) is 9.78 Å². The lowest BCUT2D eigenvalue weighted by Crippen LogP contribution is -2.21. The lowest BCUT2D eigenvalue weighted by atomic mass is 10.3. The van der Waals surface area contributed by atoms with E-state index in [0.717, 1.165) is 0 Å². The van der Waals surface area contributed by atoms with Gasteiger partial charge in [-0.15, -0.1) is 11.8 Å². The van der Waals surface area contributed by atoms with Crippen molar-refractivity contribution >= 4 is 50.6 Å². The molecule has 1 amide bonds. The first-order valence-corrected chi connectivity index (χ1v) is 11.5. The number of para-hydroxylation sites is 1. The number of rotatable bonds is 7. The molecule has 0 fully saturated rings. The molecule has 0 aliphatic rings. The first-order chi connectivity index (χ1) is 13.8. The molecule has 0 saturated heterocycles. The van der Waals surface area contributed by atoms with Crippen molar-refractivity contribution in [3.8, 4) is 0 Å². The van der Waals surface area contributed by atoms with E-state index < -0.39 is 15.7 Å². The fraction of sp³-hybridized carbons (Fsp3) is 0.158. The van der Waals surface area contributed by atoms with Crippen LogP contribution in [-0.4, -0.2) is 29.9 Å². The number of hydrogen-bond donors (Lipinski definition) is 2. The number of halogens is 1. The minimum atomic E-state index is -3.89. The highest BCUT2D eigenvalue weighted by atomic mass is 35.5. The van der Waals surface area contributed by atoms with E-state index in [-0.39, 0.29) is 27.2 Å². The molecule has 29 heavy (non-hydrogen) atoms. The second-order valence-electron chi connectivity index (χ2n) is 5.95. The summed E-state index contributed by atoms with van der Waals surface area (Å²) in [7, 11) is -3.89. The number of benzene rings is 2. The number of carbonyl (C=O) groups is 1. The molecule has 0 saturated carbocycles. The van der Waals surface area contributed by atoms with Crippen LogP contribution in [0.4, 0.5) is 11.5 Å². The van der Waals surface area contributed by atoms with Gasteiger partial charge in [0.1, 0.15) is 22.3 Å². The van der Waals surface area contributed by atoms with Crippen LogP contribution in [0.1, 0.15) is 6.92 Å². The molecule has 0 atom stereocenters. The van der Waals surface area contributed by atoms with Crippen LogP contribution in [0.15, 0.2) is 69.4 Å². The molecule has 7 nitrogen and oxygen atoms in total. The maximum absolute atomic E-state index is 13.1. The molecule has 0 aliphatic heterocycles. The monoisotopic (exact) mass is 450 g/mol. The van der Waals surface area contributed by atoms with Crippen molar-refractivity contribution in [2.24, 2.45) is 0 Å². The molecule has 1 aromatic heterocycles. The van der Waals surface area contributed by atoms with E-state index in [1.54, 1.807) is 42.5 Å². The molecule has 0 radical (unpaired) electrons. The summed E-state index contributed by atoms with van der Waals surface area (Å²) >= 11 is 7.30. The first kappa shape index (κ1) is 21.2. The van der Waals surface area contributed by atoms with Crippen molar-refractivity contribution in [3.63, 3.8) is 0 Å². The zero-order valence-corrected chi connectivity index (χ0v) is 17.9. The summed E-state index contributed by atoms with van der Waals surface area (Å²) in [5.41, 5.74) is 6.58. The normalized spacial score (nSPS) is 11.4. The molecule has 0 bridgehead atoms. The van der Waals surface area contributed by atoms with Crippen molar-refractivity contribution in [1.29, 1.82) is 0 Å². The molecular formula is C19H19ClN4O3S2. The lowest BCUT2D eigenvalue weighted by Gasteiger charge is -2.08. The van der Waals surface area contributed by atoms with Gasteiger partial charge in [-0.3, -0.25) is 4.79 Å². The number of nitrogen functional groups attached to an aromatic ring is 1. The van der Waals surface area contributed by atoms with Crippen LogP contribution in [0, 0.1) is 0 Å². The van der Waals surface area contributed by atoms with E-state index in [4.69, 9.17) is 17.3 Å². The molecule has 1 heterocycles. The smallest absolute Gasteiger partial charge is 0.246 e. The Balaban J connectivity index is 1.94. The summed E-state index contributed by atoms with van der Waals surface area (Å²) in [6.45, 7) is 1.63. The Kier molecular flexibility index (Phi) is 6.51. The number of nitrogens with two attached hydrogens (primary N) is 1. The van der Waals surface area contributed by atoms with Crippen LogP contribution >= 0.6 is 23.4 Å². The van der Waals surface area contributed by atoms with Gasteiger partial charge in [-0.2, -0.15) is 5.10 Å². The average Bonchev–Trinajstić information content (AvgIpc) is 3.00. The quantitative estimate of drug-likeness (QED) is 0.531. The highest BCUT2D eigenvalue weighted by molar-refractivity contribution is 8.00. The van der Waals surface area contributed by atoms with Gasteiger partial charge in [-0.25, -0.2) is 13.1 Å². The van der Waals surface area contributed by atoms with Gasteiger partial charge in [0.15, 0.2) is 0 Å². The van der Waals surface area contributed by atoms with Gasteiger partial charge >= 0.3 is 0 Å². The number of anilines is 2. The molecule has 0 unspecified atom stereocenters. The summed E-state index contributed by atoms with van der Waals surface area (Å²) in [6, 6.07) is 14.8. The predicted octanol–water partition coefficient (Wildman–Crippen LogP) is 3.70. The minimum absolute atomic E-state index is 0.0823. The Hall–Kier alpha value is -2.49. The van der Waals surface area contributed by atoms with E-state index in [0.29, 0.717) is 16.5 Å². The van der Waals surface area contributed by atoms with Crippen LogP contribution in [0.3, 0.4) is 0 Å². The number of carbonyl (C=O) groups excluding carboxylic acids is 1. The number of hydrogen-bond acceptors (Lipinski definition) is 6. The standard InChI is InChI=1S/C19H19ClN4O3S2/c1-2-28-19-17(29(26,27)13-8-4-3-5-9-13)18(21)24(23-19)12-16(25)22-15-11-7-6-10-14(15)20/h3-11H,2,12,21H2,1H3,(H,22,25). The van der Waals surface area contributed by atoms with E-state index in [1.165, 1.54) is 28.6 Å². The van der Waals surface area contributed by atoms with Gasteiger partial charge in [0.2, 0.25) is 15.7 Å². The zero-order valence-electron chi connectivity index (χ0n) is 15.5. The summed E-state index contributed by atoms with van der Waals surface area (Å²) in [4.78, 5) is 12.5. The molecule has 3 N–H and O–H groups in total. The number of aromatic nitrogens is 2. The van der Waals surface area contributed by atoms with Crippen LogP contribution < -0.4 is 11.1 Å². The predicted molar refractivity (Wildman–Crippen MR) is 115 cm³/mol. The fourth-order valence-electron chi connectivity index (χ4n) is 2.65. The van der Waals surface area contributed by atoms with E-state index in [9.17, 15) is 13.2 Å². The fourth-order valence-corrected chi connectivity index (χ4v) is 5.40. The van der Waals surface area contributed by atoms with E-state index in [2.05, 4.69) is 10.4 Å². The Labute approximate surface area is 178 Å². The van der Waals surface area contributed by atoms with Crippen LogP contribution in [0.25, 0.3) is 0 Å². The molecular weight excluding hydrogens is 432 g/mol.